The highest BCUT2D eigenvalue weighted by molar-refractivity contribution is 5.89. The number of aryl methyl sites for hydroxylation is 1. The fraction of sp³-hybridized carbons (Fsp3) is 0.444. The highest BCUT2D eigenvalue weighted by atomic mass is 19.1. The minimum atomic E-state index is -1.28. The molecule has 0 spiro atoms. The van der Waals surface area contributed by atoms with E-state index in [-0.39, 0.29) is 17.5 Å². The van der Waals surface area contributed by atoms with Crippen molar-refractivity contribution in [3.05, 3.63) is 45.1 Å². The first-order chi connectivity index (χ1) is 11.9. The van der Waals surface area contributed by atoms with Gasteiger partial charge in [-0.25, -0.2) is 9.18 Å². The zero-order chi connectivity index (χ0) is 17.9. The Hall–Kier alpha value is -2.41. The molecule has 1 atom stereocenters. The van der Waals surface area contributed by atoms with Crippen LogP contribution in [0.4, 0.5) is 10.1 Å². The van der Waals surface area contributed by atoms with Crippen molar-refractivity contribution < 1.29 is 14.3 Å². The van der Waals surface area contributed by atoms with Crippen LogP contribution in [0.15, 0.2) is 17.1 Å². The Morgan fingerprint density at radius 3 is 2.64 bits per heavy atom. The van der Waals surface area contributed by atoms with Gasteiger partial charge in [-0.3, -0.25) is 9.20 Å². The molecule has 6 nitrogen and oxygen atoms in total. The molecule has 1 aliphatic carbocycles. The van der Waals surface area contributed by atoms with E-state index in [2.05, 4.69) is 0 Å². The van der Waals surface area contributed by atoms with Crippen molar-refractivity contribution in [1.29, 1.82) is 0 Å². The van der Waals surface area contributed by atoms with Gasteiger partial charge in [0.25, 0.3) is 5.56 Å². The number of carboxylic acid groups (broad SMARTS) is 1. The number of carbonyl (C=O) groups is 1. The average molecular weight is 345 g/mol. The molecule has 2 aliphatic rings. The third-order valence-electron chi connectivity index (χ3n) is 5.39. The number of fused-ring (bicyclic) bond motifs is 1. The molecule has 0 amide bonds. The van der Waals surface area contributed by atoms with E-state index in [1.165, 1.54) is 10.5 Å². The molecule has 3 heterocycles. The maximum absolute atomic E-state index is 14.8. The lowest BCUT2D eigenvalue weighted by atomic mass is 9.97. The van der Waals surface area contributed by atoms with Gasteiger partial charge in [0.2, 0.25) is 0 Å². The Balaban J connectivity index is 2.03. The first kappa shape index (κ1) is 16.1. The fourth-order valence-electron chi connectivity index (χ4n) is 3.83. The molecule has 0 bridgehead atoms. The Morgan fingerprint density at radius 1 is 1.40 bits per heavy atom. The van der Waals surface area contributed by atoms with Gasteiger partial charge in [-0.1, -0.05) is 0 Å². The lowest BCUT2D eigenvalue weighted by molar-refractivity contribution is 0.0694. The molecular formula is C18H20FN3O3. The molecule has 25 heavy (non-hydrogen) atoms. The van der Waals surface area contributed by atoms with E-state index in [9.17, 15) is 19.1 Å². The fourth-order valence-corrected chi connectivity index (χ4v) is 3.83. The Labute approximate surface area is 143 Å². The first-order valence-electron chi connectivity index (χ1n) is 8.52. The van der Waals surface area contributed by atoms with Crippen molar-refractivity contribution in [2.75, 3.05) is 18.0 Å². The number of pyridine rings is 2. The van der Waals surface area contributed by atoms with E-state index in [4.69, 9.17) is 5.73 Å². The van der Waals surface area contributed by atoms with E-state index in [1.807, 2.05) is 4.90 Å². The van der Waals surface area contributed by atoms with E-state index < -0.39 is 17.3 Å². The van der Waals surface area contributed by atoms with Crippen molar-refractivity contribution in [3.63, 3.8) is 0 Å². The van der Waals surface area contributed by atoms with Crippen LogP contribution in [0, 0.1) is 12.7 Å². The van der Waals surface area contributed by atoms with Gasteiger partial charge in [0.05, 0.1) is 17.4 Å². The van der Waals surface area contributed by atoms with Crippen LogP contribution in [0.5, 0.6) is 0 Å². The number of aromatic nitrogens is 1. The second-order valence-corrected chi connectivity index (χ2v) is 6.94. The van der Waals surface area contributed by atoms with Gasteiger partial charge in [0.15, 0.2) is 5.82 Å². The lowest BCUT2D eigenvalue weighted by Gasteiger charge is -2.43. The molecule has 3 N–H and O–H groups in total. The molecule has 0 aromatic carbocycles. The predicted octanol–water partition coefficient (Wildman–Crippen LogP) is 1.86. The highest BCUT2D eigenvalue weighted by Crippen LogP contribution is 2.44. The van der Waals surface area contributed by atoms with Crippen LogP contribution in [0.1, 0.15) is 46.7 Å². The van der Waals surface area contributed by atoms with Gasteiger partial charge in [-0.2, -0.15) is 0 Å². The van der Waals surface area contributed by atoms with E-state index in [0.717, 1.165) is 37.6 Å². The number of nitrogens with zero attached hydrogens (tertiary/aromatic N) is 2. The zero-order valence-electron chi connectivity index (χ0n) is 14.0. The van der Waals surface area contributed by atoms with Crippen molar-refractivity contribution in [2.45, 2.75) is 38.1 Å². The van der Waals surface area contributed by atoms with Crippen LogP contribution >= 0.6 is 0 Å². The first-order valence-corrected chi connectivity index (χ1v) is 8.52. The van der Waals surface area contributed by atoms with Gasteiger partial charge < -0.3 is 15.7 Å². The molecule has 2 fully saturated rings. The number of carboxylic acids is 1. The van der Waals surface area contributed by atoms with Crippen molar-refractivity contribution in [2.24, 2.45) is 5.73 Å². The molecular weight excluding hydrogens is 325 g/mol. The Morgan fingerprint density at radius 2 is 2.12 bits per heavy atom. The molecule has 1 saturated carbocycles. The smallest absolute Gasteiger partial charge is 0.341 e. The van der Waals surface area contributed by atoms with Gasteiger partial charge >= 0.3 is 5.97 Å². The summed E-state index contributed by atoms with van der Waals surface area (Å²) in [7, 11) is 0. The van der Waals surface area contributed by atoms with Crippen LogP contribution in [0.3, 0.4) is 0 Å². The van der Waals surface area contributed by atoms with Gasteiger partial charge in [-0.15, -0.1) is 0 Å². The topological polar surface area (TPSA) is 88.0 Å². The lowest BCUT2D eigenvalue weighted by Crippen LogP contribution is -2.52. The molecule has 1 unspecified atom stereocenters. The van der Waals surface area contributed by atoms with Crippen molar-refractivity contribution in [3.8, 4) is 0 Å². The van der Waals surface area contributed by atoms with E-state index >= 15 is 0 Å². The quantitative estimate of drug-likeness (QED) is 0.883. The number of hydrogen-bond donors (Lipinski definition) is 2. The van der Waals surface area contributed by atoms with Crippen molar-refractivity contribution in [1.82, 2.24) is 4.40 Å². The molecule has 0 radical (unpaired) electrons. The minimum absolute atomic E-state index is 0.102. The van der Waals surface area contributed by atoms with Gasteiger partial charge in [0.1, 0.15) is 5.56 Å². The second kappa shape index (κ2) is 5.56. The SMILES string of the molecule is Cc1c(N2CCC2CN)c(F)cn2c(=O)c(C(=O)O)cc(C3CC3)c12. The largest absolute Gasteiger partial charge is 0.477 e. The highest BCUT2D eigenvalue weighted by Gasteiger charge is 2.34. The molecule has 1 aliphatic heterocycles. The number of nitrogens with two attached hydrogens (primary N) is 1. The van der Waals surface area contributed by atoms with Crippen LogP contribution in [0.25, 0.3) is 5.52 Å². The Bertz CT molecular complexity index is 947. The minimum Gasteiger partial charge on any atom is -0.477 e. The number of rotatable bonds is 4. The average Bonchev–Trinajstić information content (AvgIpc) is 3.36. The van der Waals surface area contributed by atoms with Crippen molar-refractivity contribution >= 4 is 17.2 Å². The monoisotopic (exact) mass is 345 g/mol. The summed E-state index contributed by atoms with van der Waals surface area (Å²) in [4.78, 5) is 25.9. The molecule has 2 aromatic rings. The number of hydrogen-bond acceptors (Lipinski definition) is 4. The molecule has 132 valence electrons. The second-order valence-electron chi connectivity index (χ2n) is 6.94. The maximum Gasteiger partial charge on any atom is 0.341 e. The maximum atomic E-state index is 14.8. The number of anilines is 1. The van der Waals surface area contributed by atoms with E-state index in [1.54, 1.807) is 6.92 Å². The summed E-state index contributed by atoms with van der Waals surface area (Å²) in [6, 6.07) is 1.58. The molecule has 1 saturated heterocycles. The zero-order valence-corrected chi connectivity index (χ0v) is 14.0. The molecule has 4 rings (SSSR count). The number of aromatic carboxylic acids is 1. The summed E-state index contributed by atoms with van der Waals surface area (Å²) < 4.78 is 16.0. The van der Waals surface area contributed by atoms with E-state index in [0.29, 0.717) is 23.3 Å². The Kier molecular flexibility index (Phi) is 3.57. The standard InChI is InChI=1S/C18H20FN3O3/c1-9-15-12(10-2-3-10)6-13(18(24)25)17(23)22(15)8-14(19)16(9)21-5-4-11(21)7-20/h6,8,10-11H,2-5,7,20H2,1H3,(H,24,25). The summed E-state index contributed by atoms with van der Waals surface area (Å²) in [5.41, 5.74) is 7.36. The predicted molar refractivity (Wildman–Crippen MR) is 92.1 cm³/mol. The van der Waals surface area contributed by atoms with Crippen LogP contribution in [0.2, 0.25) is 0 Å². The normalized spacial score (nSPS) is 20.0. The third-order valence-corrected chi connectivity index (χ3v) is 5.39. The summed E-state index contributed by atoms with van der Waals surface area (Å²) in [5, 5.41) is 9.32. The molecule has 7 heteroatoms. The summed E-state index contributed by atoms with van der Waals surface area (Å²) in [6.45, 7) is 2.97. The van der Waals surface area contributed by atoms with Crippen LogP contribution in [-0.4, -0.2) is 34.6 Å². The third kappa shape index (κ3) is 2.33. The van der Waals surface area contributed by atoms with Gasteiger partial charge in [0, 0.05) is 19.1 Å². The van der Waals surface area contributed by atoms with Crippen LogP contribution in [-0.2, 0) is 0 Å². The van der Waals surface area contributed by atoms with Gasteiger partial charge in [-0.05, 0) is 49.3 Å². The molecule has 2 aromatic heterocycles. The summed E-state index contributed by atoms with van der Waals surface area (Å²) >= 11 is 0. The number of halogens is 1. The summed E-state index contributed by atoms with van der Waals surface area (Å²) in [6.07, 6.45) is 3.95. The van der Waals surface area contributed by atoms with Crippen LogP contribution < -0.4 is 16.2 Å². The summed E-state index contributed by atoms with van der Waals surface area (Å²) in [5.74, 6) is -1.57.